The van der Waals surface area contributed by atoms with Crippen LogP contribution in [0.2, 0.25) is 0 Å². The van der Waals surface area contributed by atoms with Gasteiger partial charge in [-0.2, -0.15) is 0 Å². The number of hydrogen-bond acceptors (Lipinski definition) is 3. The molecule has 1 aliphatic rings. The van der Waals surface area contributed by atoms with Crippen LogP contribution in [-0.4, -0.2) is 30.6 Å². The lowest BCUT2D eigenvalue weighted by Gasteiger charge is -2.45. The Morgan fingerprint density at radius 2 is 1.88 bits per heavy atom. The molecule has 0 saturated heterocycles. The van der Waals surface area contributed by atoms with Crippen molar-refractivity contribution in [1.82, 2.24) is 10.3 Å². The normalized spacial score (nSPS) is 22.1. The molecule has 3 N–H and O–H groups in total. The highest BCUT2D eigenvalue weighted by Gasteiger charge is 2.39. The topological polar surface area (TPSA) is 41.3 Å². The van der Waals surface area contributed by atoms with Gasteiger partial charge in [-0.05, 0) is 39.8 Å². The summed E-state index contributed by atoms with van der Waals surface area (Å²) in [6.07, 6.45) is 12.0. The standard InChI is InChI=1S/C14H29N3/c1-4-5-10-13(16-15)14(17(2)3)11-8-6-7-9-12-14/h4,13,16H,1,5-12,15H2,2-3H3. The van der Waals surface area contributed by atoms with E-state index in [2.05, 4.69) is 31.0 Å². The summed E-state index contributed by atoms with van der Waals surface area (Å²) in [5.74, 6) is 5.81. The third kappa shape index (κ3) is 3.54. The van der Waals surface area contributed by atoms with Crippen molar-refractivity contribution in [2.24, 2.45) is 5.84 Å². The molecule has 1 rings (SSSR count). The lowest BCUT2D eigenvalue weighted by molar-refractivity contribution is 0.0767. The summed E-state index contributed by atoms with van der Waals surface area (Å²) in [5.41, 5.74) is 3.30. The molecule has 0 aromatic carbocycles. The first kappa shape index (κ1) is 14.7. The minimum absolute atomic E-state index is 0.230. The highest BCUT2D eigenvalue weighted by molar-refractivity contribution is 4.99. The minimum Gasteiger partial charge on any atom is -0.302 e. The summed E-state index contributed by atoms with van der Waals surface area (Å²) in [6.45, 7) is 3.82. The molecule has 0 amide bonds. The van der Waals surface area contributed by atoms with Gasteiger partial charge in [-0.15, -0.1) is 6.58 Å². The molecule has 0 aliphatic heterocycles. The molecule has 0 heterocycles. The number of hydrogen-bond donors (Lipinski definition) is 2. The van der Waals surface area contributed by atoms with E-state index in [1.165, 1.54) is 38.5 Å². The van der Waals surface area contributed by atoms with Gasteiger partial charge >= 0.3 is 0 Å². The van der Waals surface area contributed by atoms with Crippen LogP contribution >= 0.6 is 0 Å². The lowest BCUT2D eigenvalue weighted by Crippen LogP contribution is -2.60. The van der Waals surface area contributed by atoms with Crippen LogP contribution in [0.25, 0.3) is 0 Å². The number of nitrogens with zero attached hydrogens (tertiary/aromatic N) is 1. The number of nitrogens with two attached hydrogens (primary N) is 1. The van der Waals surface area contributed by atoms with Crippen LogP contribution in [0, 0.1) is 0 Å². The van der Waals surface area contributed by atoms with Gasteiger partial charge in [-0.3, -0.25) is 11.3 Å². The average molecular weight is 239 g/mol. The number of hydrazine groups is 1. The first-order valence-corrected chi connectivity index (χ1v) is 6.92. The van der Waals surface area contributed by atoms with E-state index < -0.39 is 0 Å². The molecule has 1 atom stereocenters. The molecule has 1 saturated carbocycles. The van der Waals surface area contributed by atoms with E-state index >= 15 is 0 Å². The summed E-state index contributed by atoms with van der Waals surface area (Å²) in [4.78, 5) is 2.39. The second-order valence-corrected chi connectivity index (χ2v) is 5.50. The van der Waals surface area contributed by atoms with Crippen LogP contribution in [-0.2, 0) is 0 Å². The summed E-state index contributed by atoms with van der Waals surface area (Å²) >= 11 is 0. The van der Waals surface area contributed by atoms with Gasteiger partial charge in [0.05, 0.1) is 0 Å². The van der Waals surface area contributed by atoms with Crippen LogP contribution in [0.1, 0.15) is 51.4 Å². The van der Waals surface area contributed by atoms with Crippen molar-refractivity contribution in [3.8, 4) is 0 Å². The van der Waals surface area contributed by atoms with E-state index in [9.17, 15) is 0 Å². The van der Waals surface area contributed by atoms with Gasteiger partial charge in [0.1, 0.15) is 0 Å². The van der Waals surface area contributed by atoms with Crippen molar-refractivity contribution in [3.63, 3.8) is 0 Å². The zero-order valence-corrected chi connectivity index (χ0v) is 11.5. The average Bonchev–Trinajstić information content (AvgIpc) is 2.57. The maximum atomic E-state index is 5.81. The Bertz CT molecular complexity index is 218. The predicted molar refractivity (Wildman–Crippen MR) is 74.7 cm³/mol. The van der Waals surface area contributed by atoms with Crippen molar-refractivity contribution in [3.05, 3.63) is 12.7 Å². The van der Waals surface area contributed by atoms with Crippen LogP contribution in [0.5, 0.6) is 0 Å². The molecule has 1 aliphatic carbocycles. The van der Waals surface area contributed by atoms with E-state index in [4.69, 9.17) is 5.84 Å². The molecule has 0 aromatic heterocycles. The zero-order valence-electron chi connectivity index (χ0n) is 11.5. The van der Waals surface area contributed by atoms with Gasteiger partial charge < -0.3 is 4.90 Å². The van der Waals surface area contributed by atoms with Crippen molar-refractivity contribution in [2.75, 3.05) is 14.1 Å². The molecule has 17 heavy (non-hydrogen) atoms. The van der Waals surface area contributed by atoms with E-state index in [-0.39, 0.29) is 5.54 Å². The quantitative estimate of drug-likeness (QED) is 0.324. The van der Waals surface area contributed by atoms with E-state index in [1.54, 1.807) is 0 Å². The van der Waals surface area contributed by atoms with Crippen LogP contribution in [0.3, 0.4) is 0 Å². The number of likely N-dealkylation sites (N-methyl/N-ethyl adjacent to an activating group) is 1. The SMILES string of the molecule is C=CCCC(NN)C1(N(C)C)CCCCCC1. The van der Waals surface area contributed by atoms with E-state index in [0.717, 1.165) is 12.8 Å². The number of rotatable bonds is 6. The molecule has 0 aromatic rings. The Balaban J connectivity index is 2.81. The third-order valence-corrected chi connectivity index (χ3v) is 4.37. The highest BCUT2D eigenvalue weighted by Crippen LogP contribution is 2.35. The summed E-state index contributed by atoms with van der Waals surface area (Å²) in [7, 11) is 4.40. The number of allylic oxidation sites excluding steroid dienone is 1. The zero-order chi connectivity index (χ0) is 12.7. The Kier molecular flexibility index (Phi) is 6.17. The Morgan fingerprint density at radius 3 is 2.29 bits per heavy atom. The first-order valence-electron chi connectivity index (χ1n) is 6.92. The van der Waals surface area contributed by atoms with Crippen LogP contribution in [0.15, 0.2) is 12.7 Å². The fourth-order valence-corrected chi connectivity index (χ4v) is 3.24. The van der Waals surface area contributed by atoms with Gasteiger partial charge in [0.2, 0.25) is 0 Å². The number of nitrogens with one attached hydrogen (secondary N) is 1. The van der Waals surface area contributed by atoms with Crippen molar-refractivity contribution in [2.45, 2.75) is 62.9 Å². The Labute approximate surface area is 106 Å². The van der Waals surface area contributed by atoms with E-state index in [0.29, 0.717) is 6.04 Å². The molecular formula is C14H29N3. The monoisotopic (exact) mass is 239 g/mol. The minimum atomic E-state index is 0.230. The third-order valence-electron chi connectivity index (χ3n) is 4.37. The maximum Gasteiger partial charge on any atom is 0.0397 e. The largest absolute Gasteiger partial charge is 0.302 e. The van der Waals surface area contributed by atoms with Crippen molar-refractivity contribution < 1.29 is 0 Å². The van der Waals surface area contributed by atoms with Gasteiger partial charge in [0.25, 0.3) is 0 Å². The van der Waals surface area contributed by atoms with Gasteiger partial charge in [-0.25, -0.2) is 0 Å². The fourth-order valence-electron chi connectivity index (χ4n) is 3.24. The molecule has 0 bridgehead atoms. The predicted octanol–water partition coefficient (Wildman–Crippen LogP) is 2.44. The second-order valence-electron chi connectivity index (χ2n) is 5.50. The molecule has 3 heteroatoms. The summed E-state index contributed by atoms with van der Waals surface area (Å²) in [6, 6.07) is 0.369. The second kappa shape index (κ2) is 7.14. The highest BCUT2D eigenvalue weighted by atomic mass is 15.3. The Hall–Kier alpha value is -0.380. The van der Waals surface area contributed by atoms with Crippen LogP contribution in [0.4, 0.5) is 0 Å². The molecular weight excluding hydrogens is 210 g/mol. The molecule has 100 valence electrons. The lowest BCUT2D eigenvalue weighted by atomic mass is 9.79. The fraction of sp³-hybridized carbons (Fsp3) is 0.857. The molecule has 0 spiro atoms. The van der Waals surface area contributed by atoms with Crippen molar-refractivity contribution >= 4 is 0 Å². The van der Waals surface area contributed by atoms with Gasteiger partial charge in [-0.1, -0.05) is 31.8 Å². The molecule has 1 fully saturated rings. The molecule has 1 unspecified atom stereocenters. The maximum absolute atomic E-state index is 5.81. The van der Waals surface area contributed by atoms with E-state index in [1.807, 2.05) is 6.08 Å². The molecule has 3 nitrogen and oxygen atoms in total. The smallest absolute Gasteiger partial charge is 0.0397 e. The van der Waals surface area contributed by atoms with Gasteiger partial charge in [0, 0.05) is 11.6 Å². The Morgan fingerprint density at radius 1 is 1.29 bits per heavy atom. The summed E-state index contributed by atoms with van der Waals surface area (Å²) < 4.78 is 0. The summed E-state index contributed by atoms with van der Waals surface area (Å²) in [5, 5.41) is 0. The van der Waals surface area contributed by atoms with Crippen LogP contribution < -0.4 is 11.3 Å². The molecule has 0 radical (unpaired) electrons. The van der Waals surface area contributed by atoms with Gasteiger partial charge in [0.15, 0.2) is 0 Å². The van der Waals surface area contributed by atoms with Crippen molar-refractivity contribution in [1.29, 1.82) is 0 Å². The first-order chi connectivity index (χ1) is 8.17.